The molecule has 2 rings (SSSR count). The van der Waals surface area contributed by atoms with Gasteiger partial charge in [-0.05, 0) is 24.3 Å². The topological polar surface area (TPSA) is 63.2 Å². The molecule has 0 bridgehead atoms. The molecule has 0 aliphatic carbocycles. The van der Waals surface area contributed by atoms with E-state index in [1.54, 1.807) is 18.2 Å². The average Bonchev–Trinajstić information content (AvgIpc) is 2.39. The van der Waals surface area contributed by atoms with Crippen molar-refractivity contribution in [2.45, 2.75) is 4.90 Å². The highest BCUT2D eigenvalue weighted by molar-refractivity contribution is 7.90. The summed E-state index contributed by atoms with van der Waals surface area (Å²) in [5, 5.41) is 0. The summed E-state index contributed by atoms with van der Waals surface area (Å²) in [6.07, 6.45) is 0. The number of benzene rings is 2. The van der Waals surface area contributed by atoms with Crippen molar-refractivity contribution in [1.29, 1.82) is 0 Å². The van der Waals surface area contributed by atoms with Crippen LogP contribution in [0.1, 0.15) is 10.4 Å². The first-order valence-electron chi connectivity index (χ1n) is 5.37. The van der Waals surface area contributed by atoms with Crippen LogP contribution < -0.4 is 4.72 Å². The maximum Gasteiger partial charge on any atom is 0.267 e. The van der Waals surface area contributed by atoms with Crippen molar-refractivity contribution < 1.29 is 17.6 Å². The fraction of sp³-hybridized carbons (Fsp3) is 0. The summed E-state index contributed by atoms with van der Waals surface area (Å²) >= 11 is 0. The van der Waals surface area contributed by atoms with E-state index in [9.17, 15) is 17.6 Å². The third-order valence-corrected chi connectivity index (χ3v) is 3.75. The molecule has 1 amide bonds. The van der Waals surface area contributed by atoms with Crippen molar-refractivity contribution in [2.75, 3.05) is 0 Å². The van der Waals surface area contributed by atoms with Crippen LogP contribution in [0.15, 0.2) is 59.5 Å². The molecule has 4 nitrogen and oxygen atoms in total. The molecule has 0 radical (unpaired) electrons. The zero-order chi connectivity index (χ0) is 13.9. The molecule has 2 aromatic carbocycles. The van der Waals surface area contributed by atoms with Crippen LogP contribution in [0.5, 0.6) is 0 Å². The van der Waals surface area contributed by atoms with E-state index in [2.05, 4.69) is 0 Å². The smallest absolute Gasteiger partial charge is 0.267 e. The molecular weight excluding hydrogens is 269 g/mol. The van der Waals surface area contributed by atoms with Gasteiger partial charge in [0.1, 0.15) is 10.7 Å². The van der Waals surface area contributed by atoms with Crippen molar-refractivity contribution in [3.05, 3.63) is 66.0 Å². The van der Waals surface area contributed by atoms with Gasteiger partial charge in [-0.1, -0.05) is 30.3 Å². The first-order chi connectivity index (χ1) is 9.00. The molecule has 2 aromatic rings. The minimum Gasteiger partial charge on any atom is -0.268 e. The molecule has 98 valence electrons. The van der Waals surface area contributed by atoms with Crippen LogP contribution in [0.3, 0.4) is 0 Å². The van der Waals surface area contributed by atoms with Gasteiger partial charge < -0.3 is 0 Å². The molecule has 19 heavy (non-hydrogen) atoms. The maximum atomic E-state index is 13.4. The molecule has 1 N–H and O–H groups in total. The van der Waals surface area contributed by atoms with Gasteiger partial charge >= 0.3 is 0 Å². The third-order valence-electron chi connectivity index (χ3n) is 2.39. The van der Waals surface area contributed by atoms with Gasteiger partial charge in [-0.3, -0.25) is 4.79 Å². The quantitative estimate of drug-likeness (QED) is 0.934. The van der Waals surface area contributed by atoms with Crippen molar-refractivity contribution in [1.82, 2.24) is 4.72 Å². The van der Waals surface area contributed by atoms with Crippen LogP contribution in [0.4, 0.5) is 4.39 Å². The van der Waals surface area contributed by atoms with Crippen LogP contribution in [0.2, 0.25) is 0 Å². The second-order valence-electron chi connectivity index (χ2n) is 3.73. The lowest BCUT2D eigenvalue weighted by Crippen LogP contribution is -2.31. The number of sulfonamides is 1. The van der Waals surface area contributed by atoms with Gasteiger partial charge in [-0.25, -0.2) is 17.5 Å². The molecule has 0 saturated carbocycles. The van der Waals surface area contributed by atoms with E-state index in [4.69, 9.17) is 0 Å². The molecular formula is C13H10FNO3S. The van der Waals surface area contributed by atoms with Crippen LogP contribution in [-0.2, 0) is 10.0 Å². The first-order valence-corrected chi connectivity index (χ1v) is 6.86. The van der Waals surface area contributed by atoms with E-state index in [0.29, 0.717) is 0 Å². The van der Waals surface area contributed by atoms with Crippen LogP contribution in [0, 0.1) is 5.82 Å². The number of rotatable bonds is 3. The fourth-order valence-corrected chi connectivity index (χ4v) is 2.54. The van der Waals surface area contributed by atoms with Gasteiger partial charge in [0.15, 0.2) is 0 Å². The summed E-state index contributed by atoms with van der Waals surface area (Å²) in [4.78, 5) is 11.2. The predicted molar refractivity (Wildman–Crippen MR) is 67.5 cm³/mol. The number of carbonyl (C=O) groups is 1. The summed E-state index contributed by atoms with van der Waals surface area (Å²) in [7, 11) is -4.21. The van der Waals surface area contributed by atoms with Crippen molar-refractivity contribution >= 4 is 15.9 Å². The van der Waals surface area contributed by atoms with Crippen molar-refractivity contribution in [3.8, 4) is 0 Å². The van der Waals surface area contributed by atoms with Gasteiger partial charge in [-0.2, -0.15) is 0 Å². The van der Waals surface area contributed by atoms with E-state index >= 15 is 0 Å². The minimum absolute atomic E-state index is 0.183. The molecule has 0 aliphatic heterocycles. The van der Waals surface area contributed by atoms with E-state index in [0.717, 1.165) is 12.1 Å². The highest BCUT2D eigenvalue weighted by Gasteiger charge is 2.21. The average molecular weight is 279 g/mol. The second kappa shape index (κ2) is 5.19. The summed E-state index contributed by atoms with van der Waals surface area (Å²) < 4.78 is 39.0. The van der Waals surface area contributed by atoms with Gasteiger partial charge in [0.2, 0.25) is 0 Å². The predicted octanol–water partition coefficient (Wildman–Crippen LogP) is 1.94. The Morgan fingerprint density at radius 3 is 2.16 bits per heavy atom. The number of hydrogen-bond donors (Lipinski definition) is 1. The Labute approximate surface area is 109 Å². The largest absolute Gasteiger partial charge is 0.268 e. The van der Waals surface area contributed by atoms with Gasteiger partial charge in [0.25, 0.3) is 15.9 Å². The molecule has 0 fully saturated rings. The van der Waals surface area contributed by atoms with E-state index < -0.39 is 26.6 Å². The zero-order valence-electron chi connectivity index (χ0n) is 9.71. The monoisotopic (exact) mass is 279 g/mol. The summed E-state index contributed by atoms with van der Waals surface area (Å²) in [5.74, 6) is -1.71. The Bertz CT molecular complexity index is 699. The Balaban J connectivity index is 2.29. The van der Waals surface area contributed by atoms with Gasteiger partial charge in [0, 0.05) is 5.56 Å². The lowest BCUT2D eigenvalue weighted by atomic mass is 10.2. The Hall–Kier alpha value is -2.21. The molecule has 0 heterocycles. The second-order valence-corrected chi connectivity index (χ2v) is 5.38. The maximum absolute atomic E-state index is 13.4. The molecule has 0 atom stereocenters. The Morgan fingerprint density at radius 2 is 1.53 bits per heavy atom. The van der Waals surface area contributed by atoms with E-state index in [1.165, 1.54) is 24.3 Å². The molecule has 6 heteroatoms. The van der Waals surface area contributed by atoms with Crippen LogP contribution in [-0.4, -0.2) is 14.3 Å². The third kappa shape index (κ3) is 2.97. The molecule has 0 spiro atoms. The van der Waals surface area contributed by atoms with E-state index in [-0.39, 0.29) is 5.56 Å². The number of nitrogens with one attached hydrogen (secondary N) is 1. The lowest BCUT2D eigenvalue weighted by molar-refractivity contribution is 0.0981. The van der Waals surface area contributed by atoms with Crippen LogP contribution >= 0.6 is 0 Å². The first kappa shape index (κ1) is 13.2. The van der Waals surface area contributed by atoms with Crippen LogP contribution in [0.25, 0.3) is 0 Å². The number of amides is 1. The highest BCUT2D eigenvalue weighted by Crippen LogP contribution is 2.13. The number of carbonyl (C=O) groups excluding carboxylic acids is 1. The SMILES string of the molecule is O=C(NS(=O)(=O)c1ccccc1F)c1ccccc1. The zero-order valence-corrected chi connectivity index (χ0v) is 10.5. The Kier molecular flexibility index (Phi) is 3.62. The Morgan fingerprint density at radius 1 is 0.947 bits per heavy atom. The summed E-state index contributed by atoms with van der Waals surface area (Å²) in [6.45, 7) is 0. The highest BCUT2D eigenvalue weighted by atomic mass is 32.2. The summed E-state index contributed by atoms with van der Waals surface area (Å²) in [5.41, 5.74) is 0.183. The van der Waals surface area contributed by atoms with Gasteiger partial charge in [0.05, 0.1) is 0 Å². The normalized spacial score (nSPS) is 11.0. The molecule has 0 unspecified atom stereocenters. The summed E-state index contributed by atoms with van der Waals surface area (Å²) in [6, 6.07) is 12.7. The number of halogens is 1. The number of hydrogen-bond acceptors (Lipinski definition) is 3. The van der Waals surface area contributed by atoms with Crippen molar-refractivity contribution in [3.63, 3.8) is 0 Å². The molecule has 0 aromatic heterocycles. The fourth-order valence-electron chi connectivity index (χ4n) is 1.49. The standard InChI is InChI=1S/C13H10FNO3S/c14-11-8-4-5-9-12(11)19(17,18)15-13(16)10-6-2-1-3-7-10/h1-9H,(H,15,16). The van der Waals surface area contributed by atoms with Crippen molar-refractivity contribution in [2.24, 2.45) is 0 Å². The van der Waals surface area contributed by atoms with E-state index in [1.807, 2.05) is 4.72 Å². The molecule has 0 aliphatic rings. The van der Waals surface area contributed by atoms with Gasteiger partial charge in [-0.15, -0.1) is 0 Å². The molecule has 0 saturated heterocycles. The lowest BCUT2D eigenvalue weighted by Gasteiger charge is -2.07. The minimum atomic E-state index is -4.21.